The van der Waals surface area contributed by atoms with Crippen molar-refractivity contribution in [1.29, 1.82) is 0 Å². The van der Waals surface area contributed by atoms with Gasteiger partial charge in [0, 0.05) is 48.5 Å². The maximum absolute atomic E-state index is 13.4. The monoisotopic (exact) mass is 569 g/mol. The fourth-order valence-corrected chi connectivity index (χ4v) is 6.98. The zero-order valence-corrected chi connectivity index (χ0v) is 24.7. The number of anilines is 1. The summed E-state index contributed by atoms with van der Waals surface area (Å²) >= 11 is 0. The SMILES string of the molecule is CC.CC1(C(=O)N2CCC(n3cc(Cc4ccc5c6c(cccc46)C(=O)N5C4CCC(=O)NC4=O)cn3)CC2)CCC1. The zero-order valence-electron chi connectivity index (χ0n) is 24.7. The molecule has 0 bridgehead atoms. The van der Waals surface area contributed by atoms with Crippen LogP contribution in [-0.4, -0.2) is 57.4 Å². The van der Waals surface area contributed by atoms with Crippen molar-refractivity contribution in [3.63, 3.8) is 0 Å². The molecule has 4 heterocycles. The van der Waals surface area contributed by atoms with Crippen LogP contribution < -0.4 is 10.2 Å². The Kier molecular flexibility index (Phi) is 7.37. The zero-order chi connectivity index (χ0) is 29.6. The molecule has 42 heavy (non-hydrogen) atoms. The number of imide groups is 1. The van der Waals surface area contributed by atoms with E-state index in [0.29, 0.717) is 24.3 Å². The van der Waals surface area contributed by atoms with Crippen LogP contribution in [0.25, 0.3) is 10.8 Å². The first-order chi connectivity index (χ1) is 20.3. The smallest absolute Gasteiger partial charge is 0.259 e. The molecule has 3 aromatic rings. The number of carbonyl (C=O) groups is 4. The van der Waals surface area contributed by atoms with E-state index in [4.69, 9.17) is 0 Å². The predicted octanol–water partition coefficient (Wildman–Crippen LogP) is 4.77. The first-order valence-electron chi connectivity index (χ1n) is 15.4. The number of nitrogens with one attached hydrogen (secondary N) is 1. The first-order valence-corrected chi connectivity index (χ1v) is 15.4. The Labute approximate surface area is 246 Å². The van der Waals surface area contributed by atoms with Crippen molar-refractivity contribution in [1.82, 2.24) is 20.0 Å². The van der Waals surface area contributed by atoms with E-state index in [0.717, 1.165) is 72.8 Å². The lowest BCUT2D eigenvalue weighted by molar-refractivity contribution is -0.147. The molecule has 220 valence electrons. The molecule has 7 rings (SSSR count). The van der Waals surface area contributed by atoms with Crippen molar-refractivity contribution in [2.45, 2.75) is 84.2 Å². The molecule has 9 nitrogen and oxygen atoms in total. The highest BCUT2D eigenvalue weighted by atomic mass is 16.2. The van der Waals surface area contributed by atoms with Crippen molar-refractivity contribution in [3.8, 4) is 0 Å². The number of piperidine rings is 2. The molecule has 9 heteroatoms. The molecule has 0 radical (unpaired) electrons. The van der Waals surface area contributed by atoms with Gasteiger partial charge in [0.05, 0.1) is 17.9 Å². The number of aromatic nitrogens is 2. The maximum Gasteiger partial charge on any atom is 0.259 e. The fraction of sp³-hybridized carbons (Fsp3) is 0.485. The minimum atomic E-state index is -0.692. The van der Waals surface area contributed by atoms with E-state index in [1.54, 1.807) is 4.90 Å². The summed E-state index contributed by atoms with van der Waals surface area (Å²) in [5.74, 6) is -0.598. The second-order valence-corrected chi connectivity index (χ2v) is 12.1. The lowest BCUT2D eigenvalue weighted by Gasteiger charge is -2.43. The minimum Gasteiger partial charge on any atom is -0.342 e. The molecule has 1 atom stereocenters. The van der Waals surface area contributed by atoms with Gasteiger partial charge in [-0.3, -0.25) is 34.1 Å². The van der Waals surface area contributed by atoms with Gasteiger partial charge in [0.1, 0.15) is 6.04 Å². The molecule has 2 saturated heterocycles. The number of hydrogen-bond donors (Lipinski definition) is 1. The van der Waals surface area contributed by atoms with Gasteiger partial charge in [-0.2, -0.15) is 5.10 Å². The number of nitrogens with zero attached hydrogens (tertiary/aromatic N) is 4. The number of rotatable bonds is 5. The number of hydrogen-bond acceptors (Lipinski definition) is 5. The summed E-state index contributed by atoms with van der Waals surface area (Å²) in [6.45, 7) is 7.66. The predicted molar refractivity (Wildman–Crippen MR) is 160 cm³/mol. The Bertz CT molecular complexity index is 1560. The van der Waals surface area contributed by atoms with Crippen molar-refractivity contribution < 1.29 is 19.2 Å². The van der Waals surface area contributed by atoms with Crippen LogP contribution in [0.3, 0.4) is 0 Å². The van der Waals surface area contributed by atoms with E-state index in [9.17, 15) is 19.2 Å². The summed E-state index contributed by atoms with van der Waals surface area (Å²) in [5, 5.41) is 8.92. The van der Waals surface area contributed by atoms with Gasteiger partial charge in [0.15, 0.2) is 0 Å². The molecular weight excluding hydrogens is 530 g/mol. The van der Waals surface area contributed by atoms with Gasteiger partial charge < -0.3 is 4.90 Å². The Morgan fingerprint density at radius 3 is 2.50 bits per heavy atom. The molecule has 3 fully saturated rings. The van der Waals surface area contributed by atoms with Crippen molar-refractivity contribution in [2.24, 2.45) is 5.41 Å². The second kappa shape index (κ2) is 11.0. The number of benzene rings is 2. The van der Waals surface area contributed by atoms with Gasteiger partial charge in [-0.25, -0.2) is 0 Å². The van der Waals surface area contributed by atoms with Gasteiger partial charge in [-0.15, -0.1) is 0 Å². The van der Waals surface area contributed by atoms with Crippen molar-refractivity contribution in [2.75, 3.05) is 18.0 Å². The molecular formula is C33H39N5O4. The highest BCUT2D eigenvalue weighted by molar-refractivity contribution is 6.27. The van der Waals surface area contributed by atoms with Crippen LogP contribution in [0.5, 0.6) is 0 Å². The van der Waals surface area contributed by atoms with Crippen LogP contribution in [0.4, 0.5) is 5.69 Å². The molecule has 1 aliphatic carbocycles. The highest BCUT2D eigenvalue weighted by Crippen LogP contribution is 2.43. The van der Waals surface area contributed by atoms with Crippen LogP contribution in [0.15, 0.2) is 42.7 Å². The molecule has 4 aliphatic rings. The van der Waals surface area contributed by atoms with Gasteiger partial charge in [-0.05, 0) is 60.7 Å². The maximum atomic E-state index is 13.4. The first kappa shape index (κ1) is 28.1. The summed E-state index contributed by atoms with van der Waals surface area (Å²) in [6.07, 6.45) is 10.2. The van der Waals surface area contributed by atoms with Crippen LogP contribution >= 0.6 is 0 Å². The van der Waals surface area contributed by atoms with E-state index in [2.05, 4.69) is 28.2 Å². The summed E-state index contributed by atoms with van der Waals surface area (Å²) < 4.78 is 2.05. The Morgan fingerprint density at radius 2 is 1.81 bits per heavy atom. The minimum absolute atomic E-state index is 0.144. The Hall–Kier alpha value is -4.01. The molecule has 2 aromatic carbocycles. The van der Waals surface area contributed by atoms with E-state index < -0.39 is 11.9 Å². The quantitative estimate of drug-likeness (QED) is 0.446. The normalized spacial score (nSPS) is 21.6. The third kappa shape index (κ3) is 4.68. The lowest BCUT2D eigenvalue weighted by atomic mass is 9.69. The molecule has 1 N–H and O–H groups in total. The average molecular weight is 570 g/mol. The Balaban J connectivity index is 0.00000155. The third-order valence-corrected chi connectivity index (χ3v) is 9.49. The summed E-state index contributed by atoms with van der Waals surface area (Å²) in [6, 6.07) is 9.27. The molecule has 4 amide bonds. The van der Waals surface area contributed by atoms with Crippen LogP contribution in [0, 0.1) is 5.41 Å². The fourth-order valence-electron chi connectivity index (χ4n) is 6.98. The van der Waals surface area contributed by atoms with Crippen molar-refractivity contribution in [3.05, 3.63) is 59.4 Å². The topological polar surface area (TPSA) is 105 Å². The number of likely N-dealkylation sites (tertiary alicyclic amines) is 1. The second-order valence-electron chi connectivity index (χ2n) is 12.1. The van der Waals surface area contributed by atoms with Crippen LogP contribution in [-0.2, 0) is 20.8 Å². The molecule has 0 spiro atoms. The molecule has 1 unspecified atom stereocenters. The van der Waals surface area contributed by atoms with Gasteiger partial charge in [0.2, 0.25) is 17.7 Å². The van der Waals surface area contributed by atoms with Gasteiger partial charge in [0.25, 0.3) is 5.91 Å². The van der Waals surface area contributed by atoms with E-state index in [-0.39, 0.29) is 29.7 Å². The standard InChI is InChI=1S/C31H33N5O4.C2H6/c1-31(12-3-13-31)30(40)34-14-10-21(11-15-34)35-18-19(17-32-35)16-20-6-7-24-27-22(20)4-2-5-23(27)29(39)36(24)25-8-9-26(37)33-28(25)38;1-2/h2,4-7,17-18,21,25H,3,8-16H2,1H3,(H,33,37,38);1-2H3. The summed E-state index contributed by atoms with van der Waals surface area (Å²) in [7, 11) is 0. The third-order valence-electron chi connectivity index (χ3n) is 9.49. The largest absolute Gasteiger partial charge is 0.342 e. The van der Waals surface area contributed by atoms with Gasteiger partial charge >= 0.3 is 0 Å². The van der Waals surface area contributed by atoms with Crippen molar-refractivity contribution >= 4 is 40.1 Å². The number of amides is 4. The van der Waals surface area contributed by atoms with Crippen LogP contribution in [0.2, 0.25) is 0 Å². The molecule has 1 aromatic heterocycles. The number of carbonyl (C=O) groups excluding carboxylic acids is 4. The lowest BCUT2D eigenvalue weighted by Crippen LogP contribution is -2.53. The van der Waals surface area contributed by atoms with E-state index >= 15 is 0 Å². The van der Waals surface area contributed by atoms with Crippen LogP contribution in [0.1, 0.15) is 93.2 Å². The molecule has 3 aliphatic heterocycles. The van der Waals surface area contributed by atoms with Gasteiger partial charge in [-0.1, -0.05) is 45.4 Å². The molecule has 1 saturated carbocycles. The highest BCUT2D eigenvalue weighted by Gasteiger charge is 2.43. The Morgan fingerprint density at radius 1 is 1.05 bits per heavy atom. The van der Waals surface area contributed by atoms with E-state index in [1.165, 1.54) is 0 Å². The summed E-state index contributed by atoms with van der Waals surface area (Å²) in [5.41, 5.74) is 3.35. The average Bonchev–Trinajstić information content (AvgIpc) is 3.57. The van der Waals surface area contributed by atoms with E-state index in [1.807, 2.05) is 55.3 Å². The summed E-state index contributed by atoms with van der Waals surface area (Å²) in [4.78, 5) is 54.2.